The van der Waals surface area contributed by atoms with Crippen molar-refractivity contribution in [1.29, 1.82) is 0 Å². The Hall–Kier alpha value is -1.55. The molecule has 18 heavy (non-hydrogen) atoms. The van der Waals surface area contributed by atoms with Crippen LogP contribution in [0.25, 0.3) is 0 Å². The fourth-order valence-corrected chi connectivity index (χ4v) is 2.45. The molecule has 4 heteroatoms. The number of hydrogen-bond donors (Lipinski definition) is 1. The van der Waals surface area contributed by atoms with Gasteiger partial charge in [-0.2, -0.15) is 0 Å². The average molecular weight is 249 g/mol. The standard InChI is InChI=1S/C14H19NO3/c1-11-9-13(7-8-18-11)15(10-14(16)17)12-5-3-2-4-6-12/h2-6,11,13H,7-10H2,1H3,(H,16,17). The predicted octanol–water partition coefficient (Wildman–Crippen LogP) is 2.15. The van der Waals surface area contributed by atoms with Gasteiger partial charge in [-0.15, -0.1) is 0 Å². The molecule has 4 nitrogen and oxygen atoms in total. The summed E-state index contributed by atoms with van der Waals surface area (Å²) in [6.07, 6.45) is 1.96. The monoisotopic (exact) mass is 249 g/mol. The molecule has 0 aromatic heterocycles. The second-order valence-electron chi connectivity index (χ2n) is 4.72. The molecule has 1 saturated heterocycles. The number of rotatable bonds is 4. The van der Waals surface area contributed by atoms with Crippen LogP contribution in [0.1, 0.15) is 19.8 Å². The van der Waals surface area contributed by atoms with Gasteiger partial charge < -0.3 is 14.7 Å². The van der Waals surface area contributed by atoms with E-state index in [2.05, 4.69) is 0 Å². The third kappa shape index (κ3) is 3.23. The van der Waals surface area contributed by atoms with Crippen LogP contribution in [0.4, 0.5) is 5.69 Å². The molecule has 0 amide bonds. The molecular weight excluding hydrogens is 230 g/mol. The number of anilines is 1. The van der Waals surface area contributed by atoms with E-state index < -0.39 is 5.97 Å². The van der Waals surface area contributed by atoms with Gasteiger partial charge in [0.25, 0.3) is 0 Å². The number of benzene rings is 1. The highest BCUT2D eigenvalue weighted by molar-refractivity contribution is 5.74. The predicted molar refractivity (Wildman–Crippen MR) is 69.9 cm³/mol. The number of ether oxygens (including phenoxy) is 1. The van der Waals surface area contributed by atoms with E-state index in [4.69, 9.17) is 9.84 Å². The van der Waals surface area contributed by atoms with Crippen molar-refractivity contribution in [2.75, 3.05) is 18.1 Å². The first-order valence-corrected chi connectivity index (χ1v) is 6.32. The van der Waals surface area contributed by atoms with Crippen LogP contribution >= 0.6 is 0 Å². The highest BCUT2D eigenvalue weighted by Crippen LogP contribution is 2.24. The highest BCUT2D eigenvalue weighted by Gasteiger charge is 2.26. The summed E-state index contributed by atoms with van der Waals surface area (Å²) in [6, 6.07) is 9.98. The van der Waals surface area contributed by atoms with Gasteiger partial charge in [0, 0.05) is 18.3 Å². The zero-order valence-electron chi connectivity index (χ0n) is 10.6. The summed E-state index contributed by atoms with van der Waals surface area (Å²) in [5.74, 6) is -0.794. The third-order valence-electron chi connectivity index (χ3n) is 3.29. The first-order chi connectivity index (χ1) is 8.66. The average Bonchev–Trinajstić information content (AvgIpc) is 2.37. The molecule has 98 valence electrons. The molecule has 0 bridgehead atoms. The fourth-order valence-electron chi connectivity index (χ4n) is 2.45. The largest absolute Gasteiger partial charge is 0.480 e. The Labute approximate surface area is 107 Å². The summed E-state index contributed by atoms with van der Waals surface area (Å²) < 4.78 is 5.52. The van der Waals surface area contributed by atoms with Gasteiger partial charge in [-0.05, 0) is 31.9 Å². The zero-order valence-corrected chi connectivity index (χ0v) is 10.6. The summed E-state index contributed by atoms with van der Waals surface area (Å²) in [7, 11) is 0. The van der Waals surface area contributed by atoms with E-state index in [1.54, 1.807) is 0 Å². The molecule has 1 fully saturated rings. The Kier molecular flexibility index (Phi) is 4.20. The van der Waals surface area contributed by atoms with Gasteiger partial charge in [0.05, 0.1) is 6.10 Å². The van der Waals surface area contributed by atoms with Crippen molar-refractivity contribution in [3.63, 3.8) is 0 Å². The van der Waals surface area contributed by atoms with Crippen molar-refractivity contribution < 1.29 is 14.6 Å². The molecule has 1 N–H and O–H groups in total. The van der Waals surface area contributed by atoms with Crippen LogP contribution in [0.5, 0.6) is 0 Å². The lowest BCUT2D eigenvalue weighted by Crippen LogP contribution is -2.44. The van der Waals surface area contributed by atoms with E-state index in [0.717, 1.165) is 18.5 Å². The van der Waals surface area contributed by atoms with Crippen LogP contribution in [0, 0.1) is 0 Å². The first kappa shape index (κ1) is 12.9. The van der Waals surface area contributed by atoms with Crippen molar-refractivity contribution in [1.82, 2.24) is 0 Å². The van der Waals surface area contributed by atoms with Crippen molar-refractivity contribution in [2.45, 2.75) is 31.9 Å². The maximum absolute atomic E-state index is 11.0. The van der Waals surface area contributed by atoms with Crippen molar-refractivity contribution >= 4 is 11.7 Å². The van der Waals surface area contributed by atoms with E-state index in [0.29, 0.717) is 6.61 Å². The molecule has 1 aromatic rings. The summed E-state index contributed by atoms with van der Waals surface area (Å²) >= 11 is 0. The number of carboxylic acids is 1. The molecule has 1 aromatic carbocycles. The Balaban J connectivity index is 2.16. The van der Waals surface area contributed by atoms with Crippen LogP contribution in [-0.4, -0.2) is 36.4 Å². The van der Waals surface area contributed by atoms with Crippen LogP contribution in [0.2, 0.25) is 0 Å². The smallest absolute Gasteiger partial charge is 0.323 e. The fraction of sp³-hybridized carbons (Fsp3) is 0.500. The molecular formula is C14H19NO3. The lowest BCUT2D eigenvalue weighted by molar-refractivity contribution is -0.135. The summed E-state index contributed by atoms with van der Waals surface area (Å²) in [5.41, 5.74) is 0.971. The van der Waals surface area contributed by atoms with Crippen molar-refractivity contribution in [3.8, 4) is 0 Å². The van der Waals surface area contributed by atoms with Crippen LogP contribution in [0.3, 0.4) is 0 Å². The summed E-state index contributed by atoms with van der Waals surface area (Å²) in [5, 5.41) is 9.07. The SMILES string of the molecule is CC1CC(N(CC(=O)O)c2ccccc2)CCO1. The van der Waals surface area contributed by atoms with Crippen LogP contribution in [-0.2, 0) is 9.53 Å². The van der Waals surface area contributed by atoms with Gasteiger partial charge in [0.2, 0.25) is 0 Å². The first-order valence-electron chi connectivity index (χ1n) is 6.32. The van der Waals surface area contributed by atoms with Gasteiger partial charge in [0.1, 0.15) is 6.54 Å². The van der Waals surface area contributed by atoms with Gasteiger partial charge in [-0.25, -0.2) is 0 Å². The number of nitrogens with zero attached hydrogens (tertiary/aromatic N) is 1. The molecule has 2 atom stereocenters. The zero-order chi connectivity index (χ0) is 13.0. The molecule has 0 spiro atoms. The molecule has 1 aliphatic rings. The minimum atomic E-state index is -0.794. The van der Waals surface area contributed by atoms with E-state index in [9.17, 15) is 4.79 Å². The van der Waals surface area contributed by atoms with Gasteiger partial charge in [-0.1, -0.05) is 18.2 Å². The Morgan fingerprint density at radius 2 is 2.17 bits per heavy atom. The molecule has 0 radical (unpaired) electrons. The molecule has 2 unspecified atom stereocenters. The molecule has 0 aliphatic carbocycles. The van der Waals surface area contributed by atoms with Gasteiger partial charge in [0.15, 0.2) is 0 Å². The van der Waals surface area contributed by atoms with Crippen LogP contribution in [0.15, 0.2) is 30.3 Å². The topological polar surface area (TPSA) is 49.8 Å². The number of aliphatic carboxylic acids is 1. The van der Waals surface area contributed by atoms with Crippen LogP contribution < -0.4 is 4.90 Å². The lowest BCUT2D eigenvalue weighted by Gasteiger charge is -2.37. The Morgan fingerprint density at radius 1 is 1.44 bits per heavy atom. The normalized spacial score (nSPS) is 23.6. The molecule has 1 heterocycles. The summed E-state index contributed by atoms with van der Waals surface area (Å²) in [6.45, 7) is 2.78. The Bertz CT molecular complexity index is 393. The highest BCUT2D eigenvalue weighted by atomic mass is 16.5. The Morgan fingerprint density at radius 3 is 2.78 bits per heavy atom. The minimum Gasteiger partial charge on any atom is -0.480 e. The van der Waals surface area contributed by atoms with E-state index >= 15 is 0 Å². The maximum atomic E-state index is 11.0. The number of para-hydroxylation sites is 1. The quantitative estimate of drug-likeness (QED) is 0.888. The van der Waals surface area contributed by atoms with E-state index in [-0.39, 0.29) is 18.7 Å². The number of hydrogen-bond acceptors (Lipinski definition) is 3. The second-order valence-corrected chi connectivity index (χ2v) is 4.72. The number of carboxylic acid groups (broad SMARTS) is 1. The lowest BCUT2D eigenvalue weighted by atomic mass is 10.0. The van der Waals surface area contributed by atoms with Crippen molar-refractivity contribution in [2.24, 2.45) is 0 Å². The van der Waals surface area contributed by atoms with Crippen molar-refractivity contribution in [3.05, 3.63) is 30.3 Å². The van der Waals surface area contributed by atoms with E-state index in [1.165, 1.54) is 0 Å². The third-order valence-corrected chi connectivity index (χ3v) is 3.29. The molecule has 0 saturated carbocycles. The summed E-state index contributed by atoms with van der Waals surface area (Å²) in [4.78, 5) is 13.0. The second kappa shape index (κ2) is 5.87. The molecule has 2 rings (SSSR count). The maximum Gasteiger partial charge on any atom is 0.323 e. The van der Waals surface area contributed by atoms with Gasteiger partial charge in [-0.3, -0.25) is 4.79 Å². The molecule has 1 aliphatic heterocycles. The van der Waals surface area contributed by atoms with E-state index in [1.807, 2.05) is 42.2 Å². The van der Waals surface area contributed by atoms with Gasteiger partial charge >= 0.3 is 5.97 Å². The number of carbonyl (C=O) groups is 1. The minimum absolute atomic E-state index is 0.0431.